The molecule has 0 aromatic heterocycles. The molecule has 0 saturated carbocycles. The van der Waals surface area contributed by atoms with Crippen LogP contribution in [-0.2, 0) is 0 Å². The van der Waals surface area contributed by atoms with Gasteiger partial charge in [-0.05, 0) is 30.7 Å². The van der Waals surface area contributed by atoms with Crippen LogP contribution in [0.15, 0.2) is 24.3 Å². The van der Waals surface area contributed by atoms with E-state index in [1.807, 2.05) is 12.1 Å². The van der Waals surface area contributed by atoms with Crippen LogP contribution in [0.3, 0.4) is 0 Å². The van der Waals surface area contributed by atoms with Crippen molar-refractivity contribution in [3.63, 3.8) is 0 Å². The highest BCUT2D eigenvalue weighted by molar-refractivity contribution is 5.97. The van der Waals surface area contributed by atoms with Gasteiger partial charge in [0.25, 0.3) is 0 Å². The third-order valence-electron chi connectivity index (χ3n) is 3.29. The lowest BCUT2D eigenvalue weighted by molar-refractivity contribution is 0.0982. The van der Waals surface area contributed by atoms with Gasteiger partial charge in [-0.3, -0.25) is 4.79 Å². The van der Waals surface area contributed by atoms with Crippen LogP contribution in [0, 0.1) is 0 Å². The fourth-order valence-corrected chi connectivity index (χ4v) is 2.55. The van der Waals surface area contributed by atoms with E-state index >= 15 is 0 Å². The Balaban J connectivity index is 2.38. The molecule has 0 spiro atoms. The summed E-state index contributed by atoms with van der Waals surface area (Å²) in [6.45, 7) is 2.22. The molecule has 0 aliphatic heterocycles. The molecule has 1 aliphatic carbocycles. The highest BCUT2D eigenvalue weighted by atomic mass is 16.1. The molecule has 2 rings (SSSR count). The Hall–Kier alpha value is -1.11. The number of hydrogen-bond donors (Lipinski definition) is 0. The van der Waals surface area contributed by atoms with Crippen molar-refractivity contribution in [3.8, 4) is 0 Å². The number of fused-ring (bicyclic) bond motifs is 1. The van der Waals surface area contributed by atoms with Gasteiger partial charge >= 0.3 is 0 Å². The molecular weight excluding hydrogens is 184 g/mol. The van der Waals surface area contributed by atoms with Crippen molar-refractivity contribution < 1.29 is 4.79 Å². The molecule has 0 bridgehead atoms. The molecule has 0 saturated heterocycles. The molecular formula is C14H18O. The third-order valence-corrected chi connectivity index (χ3v) is 3.29. The molecule has 15 heavy (non-hydrogen) atoms. The smallest absolute Gasteiger partial charge is 0.163 e. The van der Waals surface area contributed by atoms with Crippen LogP contribution < -0.4 is 0 Å². The van der Waals surface area contributed by atoms with E-state index in [1.165, 1.54) is 24.8 Å². The van der Waals surface area contributed by atoms with Crippen molar-refractivity contribution in [2.24, 2.45) is 0 Å². The average Bonchev–Trinajstić information content (AvgIpc) is 2.41. The second kappa shape index (κ2) is 4.61. The third kappa shape index (κ3) is 2.11. The molecule has 1 aliphatic rings. The summed E-state index contributed by atoms with van der Waals surface area (Å²) in [5, 5.41) is 0. The monoisotopic (exact) mass is 202 g/mol. The fourth-order valence-electron chi connectivity index (χ4n) is 2.55. The Morgan fingerprint density at radius 3 is 2.93 bits per heavy atom. The van der Waals surface area contributed by atoms with E-state index in [9.17, 15) is 4.79 Å². The van der Waals surface area contributed by atoms with Gasteiger partial charge in [0.05, 0.1) is 0 Å². The molecule has 1 heteroatoms. The largest absolute Gasteiger partial charge is 0.294 e. The summed E-state index contributed by atoms with van der Waals surface area (Å²) in [7, 11) is 0. The maximum absolute atomic E-state index is 11.9. The van der Waals surface area contributed by atoms with Gasteiger partial charge in [0, 0.05) is 12.0 Å². The van der Waals surface area contributed by atoms with Gasteiger partial charge in [-0.15, -0.1) is 0 Å². The zero-order chi connectivity index (χ0) is 10.7. The lowest BCUT2D eigenvalue weighted by atomic mass is 9.89. The summed E-state index contributed by atoms with van der Waals surface area (Å²) in [6, 6.07) is 8.16. The van der Waals surface area contributed by atoms with Crippen molar-refractivity contribution in [1.82, 2.24) is 0 Å². The second-order valence-electron chi connectivity index (χ2n) is 4.39. The van der Waals surface area contributed by atoms with Crippen molar-refractivity contribution in [2.45, 2.75) is 44.9 Å². The van der Waals surface area contributed by atoms with Gasteiger partial charge in [-0.2, -0.15) is 0 Å². The summed E-state index contributed by atoms with van der Waals surface area (Å²) < 4.78 is 0. The average molecular weight is 202 g/mol. The Kier molecular flexibility index (Phi) is 3.20. The number of rotatable bonds is 2. The molecule has 80 valence electrons. The first-order chi connectivity index (χ1) is 7.33. The predicted molar refractivity (Wildman–Crippen MR) is 62.3 cm³/mol. The molecule has 0 N–H and O–H groups in total. The normalized spacial score (nSPS) is 20.9. The summed E-state index contributed by atoms with van der Waals surface area (Å²) in [4.78, 5) is 11.9. The number of Topliss-reactive ketones (excluding diaryl/α,β-unsaturated/α-hetero) is 1. The van der Waals surface area contributed by atoms with Crippen LogP contribution >= 0.6 is 0 Å². The van der Waals surface area contributed by atoms with Gasteiger partial charge in [-0.25, -0.2) is 0 Å². The summed E-state index contributed by atoms with van der Waals surface area (Å²) in [5.41, 5.74) is 2.27. The number of benzene rings is 1. The highest BCUT2D eigenvalue weighted by Crippen LogP contribution is 2.33. The SMILES string of the molecule is CCCC1CCCC(=O)c2ccccc21. The fraction of sp³-hybridized carbons (Fsp3) is 0.500. The minimum Gasteiger partial charge on any atom is -0.294 e. The Bertz CT molecular complexity index is 354. The number of carbonyl (C=O) groups is 1. The van der Waals surface area contributed by atoms with E-state index in [1.54, 1.807) is 0 Å². The van der Waals surface area contributed by atoms with Gasteiger partial charge in [0.1, 0.15) is 0 Å². The molecule has 0 fully saturated rings. The first-order valence-electron chi connectivity index (χ1n) is 5.95. The topological polar surface area (TPSA) is 17.1 Å². The molecule has 1 unspecified atom stereocenters. The van der Waals surface area contributed by atoms with Crippen molar-refractivity contribution >= 4 is 5.78 Å². The lowest BCUT2D eigenvalue weighted by Gasteiger charge is -2.15. The molecule has 0 heterocycles. The van der Waals surface area contributed by atoms with Crippen LogP contribution in [0.1, 0.15) is 60.9 Å². The Morgan fingerprint density at radius 1 is 1.33 bits per heavy atom. The van der Waals surface area contributed by atoms with Crippen LogP contribution in [0.2, 0.25) is 0 Å². The maximum atomic E-state index is 11.9. The van der Waals surface area contributed by atoms with Crippen molar-refractivity contribution in [1.29, 1.82) is 0 Å². The zero-order valence-electron chi connectivity index (χ0n) is 9.33. The quantitative estimate of drug-likeness (QED) is 0.664. The zero-order valence-corrected chi connectivity index (χ0v) is 9.33. The summed E-state index contributed by atoms with van der Waals surface area (Å²) >= 11 is 0. The highest BCUT2D eigenvalue weighted by Gasteiger charge is 2.21. The molecule has 0 radical (unpaired) electrons. The van der Waals surface area contributed by atoms with Crippen molar-refractivity contribution in [2.75, 3.05) is 0 Å². The van der Waals surface area contributed by atoms with E-state index < -0.39 is 0 Å². The summed E-state index contributed by atoms with van der Waals surface area (Å²) in [6.07, 6.45) is 5.38. The lowest BCUT2D eigenvalue weighted by Crippen LogP contribution is -2.02. The molecule has 0 amide bonds. The predicted octanol–water partition coefficient (Wildman–Crippen LogP) is 3.94. The second-order valence-corrected chi connectivity index (χ2v) is 4.39. The summed E-state index contributed by atoms with van der Waals surface area (Å²) in [5.74, 6) is 0.946. The number of hydrogen-bond acceptors (Lipinski definition) is 1. The first kappa shape index (κ1) is 10.4. The molecule has 1 atom stereocenters. The van der Waals surface area contributed by atoms with Crippen molar-refractivity contribution in [3.05, 3.63) is 35.4 Å². The van der Waals surface area contributed by atoms with Crippen LogP contribution in [0.5, 0.6) is 0 Å². The Labute approximate surface area is 91.5 Å². The standard InChI is InChI=1S/C14H18O/c1-2-6-11-7-5-10-14(15)13-9-4-3-8-12(11)13/h3-4,8-9,11H,2,5-7,10H2,1H3. The van der Waals surface area contributed by atoms with Gasteiger partial charge in [-0.1, -0.05) is 37.6 Å². The molecule has 1 aromatic rings. The van der Waals surface area contributed by atoms with Gasteiger partial charge < -0.3 is 0 Å². The maximum Gasteiger partial charge on any atom is 0.163 e. The number of ketones is 1. The van der Waals surface area contributed by atoms with Gasteiger partial charge in [0.15, 0.2) is 5.78 Å². The van der Waals surface area contributed by atoms with Crippen LogP contribution in [0.4, 0.5) is 0 Å². The van der Waals surface area contributed by atoms with E-state index in [2.05, 4.69) is 19.1 Å². The number of carbonyl (C=O) groups excluding carboxylic acids is 1. The van der Waals surface area contributed by atoms with Gasteiger partial charge in [0.2, 0.25) is 0 Å². The minimum atomic E-state index is 0.337. The molecule has 1 nitrogen and oxygen atoms in total. The first-order valence-corrected chi connectivity index (χ1v) is 5.95. The van der Waals surface area contributed by atoms with E-state index in [0.717, 1.165) is 18.4 Å². The van der Waals surface area contributed by atoms with E-state index in [-0.39, 0.29) is 0 Å². The van der Waals surface area contributed by atoms with E-state index in [4.69, 9.17) is 0 Å². The molecule has 1 aromatic carbocycles. The van der Waals surface area contributed by atoms with Crippen LogP contribution in [0.25, 0.3) is 0 Å². The minimum absolute atomic E-state index is 0.337. The van der Waals surface area contributed by atoms with Crippen LogP contribution in [-0.4, -0.2) is 5.78 Å². The Morgan fingerprint density at radius 2 is 2.13 bits per heavy atom. The van der Waals surface area contributed by atoms with E-state index in [0.29, 0.717) is 11.7 Å².